The van der Waals surface area contributed by atoms with Crippen LogP contribution in [0.2, 0.25) is 0 Å². The lowest BCUT2D eigenvalue weighted by atomic mass is 10.2. The van der Waals surface area contributed by atoms with E-state index >= 15 is 0 Å². The summed E-state index contributed by atoms with van der Waals surface area (Å²) in [6.45, 7) is 2.32. The lowest BCUT2D eigenvalue weighted by molar-refractivity contribution is 0.564. The van der Waals surface area contributed by atoms with Crippen molar-refractivity contribution in [1.82, 2.24) is 4.72 Å². The van der Waals surface area contributed by atoms with E-state index in [0.717, 1.165) is 25.0 Å². The fraction of sp³-hybridized carbons (Fsp3) is 1.00. The Balaban J connectivity index is 3.58. The van der Waals surface area contributed by atoms with Gasteiger partial charge in [-0.3, -0.25) is 0 Å². The average molecular weight is 254 g/mol. The first-order valence-corrected chi connectivity index (χ1v) is 8.16. The van der Waals surface area contributed by atoms with E-state index in [1.165, 1.54) is 0 Å². The summed E-state index contributed by atoms with van der Waals surface area (Å²) in [6.07, 6.45) is 5.19. The van der Waals surface area contributed by atoms with Crippen LogP contribution in [0.1, 0.15) is 26.2 Å². The van der Waals surface area contributed by atoms with Crippen molar-refractivity contribution >= 4 is 21.8 Å². The highest BCUT2D eigenvalue weighted by Gasteiger charge is 2.17. The first-order chi connectivity index (χ1) is 7.04. The number of hydrogen-bond donors (Lipinski definition) is 2. The van der Waals surface area contributed by atoms with Gasteiger partial charge in [-0.05, 0) is 31.8 Å². The summed E-state index contributed by atoms with van der Waals surface area (Å²) in [4.78, 5) is 0. The maximum Gasteiger partial charge on any atom is 0.215 e. The summed E-state index contributed by atoms with van der Waals surface area (Å²) in [5, 5.41) is -0.497. The number of nitrogens with one attached hydrogen (secondary N) is 1. The third-order valence-electron chi connectivity index (χ3n) is 2.19. The van der Waals surface area contributed by atoms with Crippen LogP contribution in [-0.4, -0.2) is 38.8 Å². The Morgan fingerprint density at radius 1 is 1.33 bits per heavy atom. The second-order valence-corrected chi connectivity index (χ2v) is 6.71. The zero-order chi connectivity index (χ0) is 11.7. The summed E-state index contributed by atoms with van der Waals surface area (Å²) >= 11 is 1.82. The molecule has 0 spiro atoms. The Hall–Kier alpha value is 0.220. The van der Waals surface area contributed by atoms with Crippen LogP contribution in [0.15, 0.2) is 0 Å². The molecule has 0 radical (unpaired) electrons. The zero-order valence-electron chi connectivity index (χ0n) is 9.53. The molecule has 0 aromatic heterocycles. The third-order valence-corrected chi connectivity index (χ3v) is 4.75. The highest BCUT2D eigenvalue weighted by Crippen LogP contribution is 2.02. The molecule has 0 heterocycles. The van der Waals surface area contributed by atoms with Gasteiger partial charge >= 0.3 is 0 Å². The maximum atomic E-state index is 11.5. The predicted octanol–water partition coefficient (Wildman–Crippen LogP) is 0.786. The average Bonchev–Trinajstić information content (AvgIpc) is 2.22. The second-order valence-electron chi connectivity index (χ2n) is 3.54. The van der Waals surface area contributed by atoms with Crippen molar-refractivity contribution < 1.29 is 8.42 Å². The van der Waals surface area contributed by atoms with E-state index in [-0.39, 0.29) is 6.54 Å². The number of hydrogen-bond acceptors (Lipinski definition) is 4. The first-order valence-electron chi connectivity index (χ1n) is 5.22. The van der Waals surface area contributed by atoms with Crippen LogP contribution in [0.5, 0.6) is 0 Å². The molecule has 15 heavy (non-hydrogen) atoms. The Bertz CT molecular complexity index is 242. The molecule has 0 aromatic carbocycles. The Morgan fingerprint density at radius 2 is 2.00 bits per heavy atom. The normalized spacial score (nSPS) is 14.1. The second kappa shape index (κ2) is 8.38. The van der Waals surface area contributed by atoms with Crippen molar-refractivity contribution in [3.05, 3.63) is 0 Å². The molecular weight excluding hydrogens is 232 g/mol. The van der Waals surface area contributed by atoms with Crippen LogP contribution in [-0.2, 0) is 10.0 Å². The van der Waals surface area contributed by atoms with Crippen molar-refractivity contribution in [2.75, 3.05) is 25.1 Å². The van der Waals surface area contributed by atoms with Crippen LogP contribution in [0.3, 0.4) is 0 Å². The van der Waals surface area contributed by atoms with Gasteiger partial charge in [-0.1, -0.05) is 6.42 Å². The van der Waals surface area contributed by atoms with E-state index in [1.807, 2.05) is 11.8 Å². The van der Waals surface area contributed by atoms with Crippen molar-refractivity contribution in [3.8, 4) is 0 Å². The molecule has 0 aliphatic carbocycles. The van der Waals surface area contributed by atoms with E-state index in [2.05, 4.69) is 11.0 Å². The topological polar surface area (TPSA) is 72.2 Å². The molecule has 0 bridgehead atoms. The van der Waals surface area contributed by atoms with Crippen molar-refractivity contribution in [2.24, 2.45) is 5.73 Å². The molecule has 0 fully saturated rings. The van der Waals surface area contributed by atoms with Gasteiger partial charge in [0.05, 0.1) is 5.25 Å². The minimum absolute atomic E-state index is 0.168. The standard InChI is InChI=1S/C9H22N2O2S2/c1-9(8-10)15(12,13)11-6-4-3-5-7-14-2/h9,11H,3-8,10H2,1-2H3. The largest absolute Gasteiger partial charge is 0.329 e. The minimum atomic E-state index is -3.18. The Labute approximate surface area is 97.4 Å². The van der Waals surface area contributed by atoms with Crippen molar-refractivity contribution in [1.29, 1.82) is 0 Å². The van der Waals surface area contributed by atoms with Gasteiger partial charge < -0.3 is 5.73 Å². The molecule has 0 aliphatic heterocycles. The lowest BCUT2D eigenvalue weighted by Crippen LogP contribution is -2.37. The van der Waals surface area contributed by atoms with Crippen LogP contribution in [0.25, 0.3) is 0 Å². The molecule has 4 nitrogen and oxygen atoms in total. The minimum Gasteiger partial charge on any atom is -0.329 e. The molecule has 6 heteroatoms. The first kappa shape index (κ1) is 15.2. The van der Waals surface area contributed by atoms with E-state index < -0.39 is 15.3 Å². The van der Waals surface area contributed by atoms with E-state index in [1.54, 1.807) is 6.92 Å². The molecule has 0 aliphatic rings. The lowest BCUT2D eigenvalue weighted by Gasteiger charge is -2.11. The van der Waals surface area contributed by atoms with Crippen molar-refractivity contribution in [3.63, 3.8) is 0 Å². The molecule has 0 saturated carbocycles. The van der Waals surface area contributed by atoms with Gasteiger partial charge in [0.25, 0.3) is 0 Å². The zero-order valence-corrected chi connectivity index (χ0v) is 11.2. The molecule has 0 aromatic rings. The molecule has 0 saturated heterocycles. The molecule has 1 unspecified atom stereocenters. The number of rotatable bonds is 9. The monoisotopic (exact) mass is 254 g/mol. The van der Waals surface area contributed by atoms with E-state index in [9.17, 15) is 8.42 Å². The summed E-state index contributed by atoms with van der Waals surface area (Å²) in [7, 11) is -3.18. The van der Waals surface area contributed by atoms with Crippen LogP contribution in [0, 0.1) is 0 Å². The molecule has 3 N–H and O–H groups in total. The van der Waals surface area contributed by atoms with Gasteiger partial charge in [0.1, 0.15) is 0 Å². The third kappa shape index (κ3) is 7.16. The fourth-order valence-corrected chi connectivity index (χ4v) is 2.49. The van der Waals surface area contributed by atoms with Crippen LogP contribution >= 0.6 is 11.8 Å². The maximum absolute atomic E-state index is 11.5. The van der Waals surface area contributed by atoms with E-state index in [4.69, 9.17) is 5.73 Å². The molecule has 0 amide bonds. The van der Waals surface area contributed by atoms with Gasteiger partial charge in [-0.2, -0.15) is 11.8 Å². The summed E-state index contributed by atoms with van der Waals surface area (Å²) in [6, 6.07) is 0. The highest BCUT2D eigenvalue weighted by molar-refractivity contribution is 7.98. The van der Waals surface area contributed by atoms with Crippen LogP contribution in [0.4, 0.5) is 0 Å². The SMILES string of the molecule is CSCCCCCNS(=O)(=O)C(C)CN. The smallest absolute Gasteiger partial charge is 0.215 e. The number of unbranched alkanes of at least 4 members (excludes halogenated alkanes) is 2. The summed E-state index contributed by atoms with van der Waals surface area (Å²) < 4.78 is 25.5. The predicted molar refractivity (Wildman–Crippen MR) is 67.7 cm³/mol. The molecule has 1 atom stereocenters. The highest BCUT2D eigenvalue weighted by atomic mass is 32.2. The summed E-state index contributed by atoms with van der Waals surface area (Å²) in [5.74, 6) is 1.14. The molecule has 0 rings (SSSR count). The Kier molecular flexibility index (Phi) is 8.50. The quantitative estimate of drug-likeness (QED) is 0.597. The van der Waals surface area contributed by atoms with Gasteiger partial charge in [-0.25, -0.2) is 13.1 Å². The van der Waals surface area contributed by atoms with Gasteiger partial charge in [0, 0.05) is 13.1 Å². The van der Waals surface area contributed by atoms with Gasteiger partial charge in [-0.15, -0.1) is 0 Å². The molecular formula is C9H22N2O2S2. The van der Waals surface area contributed by atoms with Gasteiger partial charge in [0.2, 0.25) is 10.0 Å². The van der Waals surface area contributed by atoms with E-state index in [0.29, 0.717) is 6.54 Å². The molecule has 92 valence electrons. The van der Waals surface area contributed by atoms with Crippen LogP contribution < -0.4 is 10.5 Å². The number of thioether (sulfide) groups is 1. The van der Waals surface area contributed by atoms with Gasteiger partial charge in [0.15, 0.2) is 0 Å². The number of sulfonamides is 1. The summed E-state index contributed by atoms with van der Waals surface area (Å²) in [5.41, 5.74) is 5.31. The Morgan fingerprint density at radius 3 is 2.53 bits per heavy atom. The fourth-order valence-electron chi connectivity index (χ4n) is 1.03. The number of nitrogens with two attached hydrogens (primary N) is 1. The van der Waals surface area contributed by atoms with Crippen molar-refractivity contribution in [2.45, 2.75) is 31.4 Å².